The molecule has 10 heavy (non-hydrogen) atoms. The van der Waals surface area contributed by atoms with Crippen molar-refractivity contribution in [2.45, 2.75) is 0 Å². The molecular weight excluding hydrogens is 134 g/mol. The van der Waals surface area contributed by atoms with E-state index < -0.39 is 11.9 Å². The van der Waals surface area contributed by atoms with Gasteiger partial charge >= 0.3 is 6.03 Å². The Morgan fingerprint density at radius 3 is 2.60 bits per heavy atom. The third-order valence-corrected chi connectivity index (χ3v) is 0.584. The normalized spacial score (nSPS) is 9.20. The fourth-order valence-corrected chi connectivity index (χ4v) is 0.218. The lowest BCUT2D eigenvalue weighted by molar-refractivity contribution is -0.115. The molecule has 0 saturated carbocycles. The number of nitrogens with one attached hydrogen (secondary N) is 1. The molecule has 0 radical (unpaired) electrons. The highest BCUT2D eigenvalue weighted by molar-refractivity contribution is 5.97. The first-order chi connectivity index (χ1) is 4.66. The quantitative estimate of drug-likeness (QED) is 0.305. The largest absolute Gasteiger partial charge is 0.350 e. The molecular formula is C5H7N3O2. The molecule has 0 saturated heterocycles. The molecule has 0 atom stereocenters. The Balaban J connectivity index is 3.63. The van der Waals surface area contributed by atoms with Crippen molar-refractivity contribution in [2.24, 2.45) is 10.7 Å². The van der Waals surface area contributed by atoms with Crippen molar-refractivity contribution in [1.29, 1.82) is 0 Å². The van der Waals surface area contributed by atoms with E-state index in [0.29, 0.717) is 0 Å². The second kappa shape index (κ2) is 4.25. The van der Waals surface area contributed by atoms with Crippen LogP contribution in [-0.4, -0.2) is 18.3 Å². The number of carbonyl (C=O) groups excluding carboxylic acids is 2. The Labute approximate surface area is 57.6 Å². The molecule has 0 unspecified atom stereocenters. The van der Waals surface area contributed by atoms with Gasteiger partial charge in [0.05, 0.1) is 0 Å². The lowest BCUT2D eigenvalue weighted by Crippen LogP contribution is -2.20. The molecule has 0 aromatic heterocycles. The van der Waals surface area contributed by atoms with Crippen LogP contribution in [0.3, 0.4) is 0 Å². The highest BCUT2D eigenvalue weighted by Gasteiger charge is 1.87. The number of primary amides is 1. The van der Waals surface area contributed by atoms with Crippen molar-refractivity contribution in [3.63, 3.8) is 0 Å². The van der Waals surface area contributed by atoms with Gasteiger partial charge in [-0.25, -0.2) is 4.79 Å². The zero-order valence-electron chi connectivity index (χ0n) is 5.20. The number of hydrogen-bond acceptors (Lipinski definition) is 2. The molecule has 5 heteroatoms. The van der Waals surface area contributed by atoms with Gasteiger partial charge in [0.15, 0.2) is 0 Å². The van der Waals surface area contributed by atoms with Gasteiger partial charge < -0.3 is 11.1 Å². The Morgan fingerprint density at radius 2 is 2.20 bits per heavy atom. The highest BCUT2D eigenvalue weighted by Crippen LogP contribution is 1.64. The molecule has 3 N–H and O–H groups in total. The van der Waals surface area contributed by atoms with Crippen LogP contribution in [0, 0.1) is 0 Å². The van der Waals surface area contributed by atoms with E-state index in [1.54, 1.807) is 0 Å². The van der Waals surface area contributed by atoms with Crippen LogP contribution >= 0.6 is 0 Å². The predicted octanol–water partition coefficient (Wildman–Crippen LogP) is -0.604. The maximum Gasteiger partial charge on any atom is 0.339 e. The number of rotatable bonds is 2. The summed E-state index contributed by atoms with van der Waals surface area (Å²) in [4.78, 5) is 23.3. The van der Waals surface area contributed by atoms with Crippen molar-refractivity contribution in [1.82, 2.24) is 5.32 Å². The first kappa shape index (κ1) is 8.35. The zero-order chi connectivity index (χ0) is 7.98. The lowest BCUT2D eigenvalue weighted by atomic mass is 10.6. The first-order valence-corrected chi connectivity index (χ1v) is 2.41. The summed E-state index contributed by atoms with van der Waals surface area (Å²) < 4.78 is 0. The fourth-order valence-electron chi connectivity index (χ4n) is 0.218. The molecule has 0 spiro atoms. The minimum Gasteiger partial charge on any atom is -0.350 e. The van der Waals surface area contributed by atoms with Crippen LogP contribution in [0.15, 0.2) is 17.6 Å². The van der Waals surface area contributed by atoms with Gasteiger partial charge in [-0.2, -0.15) is 4.99 Å². The maximum absolute atomic E-state index is 10.3. The smallest absolute Gasteiger partial charge is 0.339 e. The number of hydrogen-bond donors (Lipinski definition) is 2. The third kappa shape index (κ3) is 4.51. The average molecular weight is 141 g/mol. The first-order valence-electron chi connectivity index (χ1n) is 2.41. The summed E-state index contributed by atoms with van der Waals surface area (Å²) in [6.07, 6.45) is 1.96. The molecule has 54 valence electrons. The Kier molecular flexibility index (Phi) is 3.55. The summed E-state index contributed by atoms with van der Waals surface area (Å²) in [7, 11) is 0. The Hall–Kier alpha value is -1.65. The van der Waals surface area contributed by atoms with E-state index >= 15 is 0 Å². The number of nitrogens with zero attached hydrogens (tertiary/aromatic N) is 1. The SMILES string of the molecule is C=CC(=O)N/C=N/C(N)=O. The summed E-state index contributed by atoms with van der Waals surface area (Å²) in [5, 5.41) is 2.11. The van der Waals surface area contributed by atoms with Crippen LogP contribution in [0.2, 0.25) is 0 Å². The summed E-state index contributed by atoms with van der Waals surface area (Å²) in [6, 6.07) is -0.857. The van der Waals surface area contributed by atoms with Crippen molar-refractivity contribution in [2.75, 3.05) is 0 Å². The summed E-state index contributed by atoms with van der Waals surface area (Å²) in [6.45, 7) is 3.17. The van der Waals surface area contributed by atoms with Gasteiger partial charge in [-0.3, -0.25) is 4.79 Å². The molecule has 0 aliphatic rings. The minimum atomic E-state index is -0.857. The van der Waals surface area contributed by atoms with Gasteiger partial charge in [-0.15, -0.1) is 0 Å². The number of urea groups is 1. The van der Waals surface area contributed by atoms with E-state index in [0.717, 1.165) is 12.4 Å². The van der Waals surface area contributed by atoms with E-state index in [9.17, 15) is 9.59 Å². The molecule has 0 aliphatic heterocycles. The molecule has 0 heterocycles. The standard InChI is InChI=1S/C5H7N3O2/c1-2-4(9)7-3-8-5(6)10/h2-3H,1H2,(H3,6,7,8,9,10). The average Bonchev–Trinajstić information content (AvgIpc) is 1.87. The van der Waals surface area contributed by atoms with E-state index in [1.165, 1.54) is 0 Å². The van der Waals surface area contributed by atoms with Crippen molar-refractivity contribution >= 4 is 18.3 Å². The molecule has 0 fully saturated rings. The van der Waals surface area contributed by atoms with Crippen LogP contribution < -0.4 is 11.1 Å². The maximum atomic E-state index is 10.3. The van der Waals surface area contributed by atoms with E-state index in [1.807, 2.05) is 0 Å². The number of carbonyl (C=O) groups is 2. The molecule has 0 aromatic carbocycles. The van der Waals surface area contributed by atoms with Gasteiger partial charge in [0.1, 0.15) is 6.34 Å². The Morgan fingerprint density at radius 1 is 1.60 bits per heavy atom. The molecule has 5 nitrogen and oxygen atoms in total. The second-order valence-corrected chi connectivity index (χ2v) is 1.31. The summed E-state index contributed by atoms with van der Waals surface area (Å²) >= 11 is 0. The zero-order valence-corrected chi connectivity index (χ0v) is 5.20. The van der Waals surface area contributed by atoms with Gasteiger partial charge in [-0.05, 0) is 6.08 Å². The molecule has 0 aromatic rings. The van der Waals surface area contributed by atoms with E-state index in [2.05, 4.69) is 22.6 Å². The van der Waals surface area contributed by atoms with Crippen LogP contribution in [0.4, 0.5) is 4.79 Å². The lowest BCUT2D eigenvalue weighted by Gasteiger charge is -1.87. The molecule has 3 amide bonds. The Bertz CT molecular complexity index is 185. The van der Waals surface area contributed by atoms with Crippen molar-refractivity contribution < 1.29 is 9.59 Å². The molecule has 0 aliphatic carbocycles. The van der Waals surface area contributed by atoms with E-state index in [4.69, 9.17) is 0 Å². The highest BCUT2D eigenvalue weighted by atomic mass is 16.2. The van der Waals surface area contributed by atoms with Gasteiger partial charge in [0.25, 0.3) is 0 Å². The summed E-state index contributed by atoms with van der Waals surface area (Å²) in [5.74, 6) is -0.440. The van der Waals surface area contributed by atoms with Crippen LogP contribution in [0.5, 0.6) is 0 Å². The second-order valence-electron chi connectivity index (χ2n) is 1.31. The number of nitrogens with two attached hydrogens (primary N) is 1. The number of amides is 3. The number of aliphatic imine (C=N–C) groups is 1. The third-order valence-electron chi connectivity index (χ3n) is 0.584. The van der Waals surface area contributed by atoms with Gasteiger partial charge in [0.2, 0.25) is 5.91 Å². The van der Waals surface area contributed by atoms with Crippen molar-refractivity contribution in [3.05, 3.63) is 12.7 Å². The van der Waals surface area contributed by atoms with Crippen molar-refractivity contribution in [3.8, 4) is 0 Å². The van der Waals surface area contributed by atoms with Gasteiger partial charge in [0, 0.05) is 0 Å². The monoisotopic (exact) mass is 141 g/mol. The molecule has 0 bridgehead atoms. The van der Waals surface area contributed by atoms with Crippen LogP contribution in [0.25, 0.3) is 0 Å². The topological polar surface area (TPSA) is 84.6 Å². The van der Waals surface area contributed by atoms with E-state index in [-0.39, 0.29) is 0 Å². The summed E-state index contributed by atoms with van der Waals surface area (Å²) in [5.41, 5.74) is 4.61. The predicted molar refractivity (Wildman–Crippen MR) is 36.4 cm³/mol. The molecule has 0 rings (SSSR count). The van der Waals surface area contributed by atoms with Gasteiger partial charge in [-0.1, -0.05) is 6.58 Å². The van der Waals surface area contributed by atoms with Crippen LogP contribution in [0.1, 0.15) is 0 Å². The van der Waals surface area contributed by atoms with Crippen LogP contribution in [-0.2, 0) is 4.79 Å². The fraction of sp³-hybridized carbons (Fsp3) is 0. The minimum absolute atomic E-state index is 0.440.